The predicted molar refractivity (Wildman–Crippen MR) is 92.4 cm³/mol. The van der Waals surface area contributed by atoms with Gasteiger partial charge in [-0.3, -0.25) is 0 Å². The number of benzene rings is 2. The van der Waals surface area contributed by atoms with Crippen LogP contribution in [0.1, 0.15) is 11.7 Å². The number of carbonyl (C=O) groups excluding carboxylic acids is 1. The fraction of sp³-hybridized carbons (Fsp3) is 0.222. The summed E-state index contributed by atoms with van der Waals surface area (Å²) in [5, 5.41) is 2.89. The summed E-state index contributed by atoms with van der Waals surface area (Å²) in [7, 11) is 1.59. The van der Waals surface area contributed by atoms with Gasteiger partial charge in [0.15, 0.2) is 0 Å². The molecule has 122 valence electrons. The first-order chi connectivity index (χ1) is 11.7. The van der Waals surface area contributed by atoms with Crippen LogP contribution in [-0.2, 0) is 0 Å². The van der Waals surface area contributed by atoms with E-state index in [0.717, 1.165) is 16.9 Å². The second-order valence-corrected chi connectivity index (χ2v) is 5.87. The van der Waals surface area contributed by atoms with Gasteiger partial charge in [-0.25, -0.2) is 9.78 Å². The third-order valence-corrected chi connectivity index (χ3v) is 4.31. The number of aromatic amines is 1. The average Bonchev–Trinajstić information content (AvgIpc) is 2.97. The van der Waals surface area contributed by atoms with Gasteiger partial charge in [-0.1, -0.05) is 24.3 Å². The van der Waals surface area contributed by atoms with Gasteiger partial charge in [-0.2, -0.15) is 0 Å². The molecule has 2 heterocycles. The molecule has 0 spiro atoms. The standard InChI is InChI=1S/C18H18N4O2/c1-24-16-9-5-4-8-15(16)21-18(23)22-10-12(11-22)17-19-13-6-2-3-7-14(13)20-17/h2-9,12H,10-11H2,1H3,(H,19,20)(H,21,23). The smallest absolute Gasteiger partial charge is 0.321 e. The number of methoxy groups -OCH3 is 1. The van der Waals surface area contributed by atoms with Crippen LogP contribution in [0.2, 0.25) is 0 Å². The second kappa shape index (κ2) is 5.88. The van der Waals surface area contributed by atoms with Crippen molar-refractivity contribution in [1.82, 2.24) is 14.9 Å². The highest BCUT2D eigenvalue weighted by atomic mass is 16.5. The lowest BCUT2D eigenvalue weighted by atomic mass is 10.0. The van der Waals surface area contributed by atoms with E-state index in [-0.39, 0.29) is 11.9 Å². The van der Waals surface area contributed by atoms with Gasteiger partial charge in [0.1, 0.15) is 11.6 Å². The van der Waals surface area contributed by atoms with Crippen molar-refractivity contribution < 1.29 is 9.53 Å². The predicted octanol–water partition coefficient (Wildman–Crippen LogP) is 3.20. The van der Waals surface area contributed by atoms with Crippen molar-refractivity contribution in [2.45, 2.75) is 5.92 Å². The third kappa shape index (κ3) is 2.56. The van der Waals surface area contributed by atoms with Gasteiger partial charge < -0.3 is 19.9 Å². The van der Waals surface area contributed by atoms with Crippen LogP contribution in [0, 0.1) is 0 Å². The van der Waals surface area contributed by atoms with Gasteiger partial charge >= 0.3 is 6.03 Å². The quantitative estimate of drug-likeness (QED) is 0.778. The molecule has 0 aliphatic carbocycles. The fourth-order valence-corrected chi connectivity index (χ4v) is 2.93. The summed E-state index contributed by atoms with van der Waals surface area (Å²) in [6, 6.07) is 15.2. The second-order valence-electron chi connectivity index (χ2n) is 5.87. The van der Waals surface area contributed by atoms with Crippen LogP contribution in [0.15, 0.2) is 48.5 Å². The van der Waals surface area contributed by atoms with E-state index in [1.807, 2.05) is 48.5 Å². The van der Waals surface area contributed by atoms with E-state index in [1.165, 1.54) is 0 Å². The molecule has 0 bridgehead atoms. The molecule has 2 aromatic carbocycles. The maximum absolute atomic E-state index is 12.3. The molecule has 1 fully saturated rings. The molecule has 24 heavy (non-hydrogen) atoms. The maximum Gasteiger partial charge on any atom is 0.321 e. The summed E-state index contributed by atoms with van der Waals surface area (Å²) in [5.41, 5.74) is 2.67. The van der Waals surface area contributed by atoms with Crippen LogP contribution in [-0.4, -0.2) is 41.1 Å². The number of amides is 2. The number of hydrogen-bond acceptors (Lipinski definition) is 3. The average molecular weight is 322 g/mol. The summed E-state index contributed by atoms with van der Waals surface area (Å²) in [6.07, 6.45) is 0. The van der Waals surface area contributed by atoms with Crippen LogP contribution in [0.3, 0.4) is 0 Å². The molecule has 2 N–H and O–H groups in total. The molecule has 0 unspecified atom stereocenters. The number of anilines is 1. The molecule has 0 atom stereocenters. The number of likely N-dealkylation sites (tertiary alicyclic amines) is 1. The van der Waals surface area contributed by atoms with Crippen molar-refractivity contribution in [3.63, 3.8) is 0 Å². The van der Waals surface area contributed by atoms with E-state index >= 15 is 0 Å². The van der Waals surface area contributed by atoms with E-state index in [9.17, 15) is 4.79 Å². The molecule has 6 heteroatoms. The number of carbonyl (C=O) groups is 1. The van der Waals surface area contributed by atoms with Crippen molar-refractivity contribution in [1.29, 1.82) is 0 Å². The van der Waals surface area contributed by atoms with Gasteiger partial charge in [0.25, 0.3) is 0 Å². The lowest BCUT2D eigenvalue weighted by molar-refractivity contribution is 0.161. The van der Waals surface area contributed by atoms with Crippen molar-refractivity contribution in [2.24, 2.45) is 0 Å². The SMILES string of the molecule is COc1ccccc1NC(=O)N1CC(c2nc3ccccc3[nH]2)C1. The van der Waals surface area contributed by atoms with E-state index in [1.54, 1.807) is 12.0 Å². The Hall–Kier alpha value is -3.02. The van der Waals surface area contributed by atoms with Crippen molar-refractivity contribution in [2.75, 3.05) is 25.5 Å². The first-order valence-electron chi connectivity index (χ1n) is 7.88. The van der Waals surface area contributed by atoms with Gasteiger partial charge in [0.2, 0.25) is 0 Å². The third-order valence-electron chi connectivity index (χ3n) is 4.31. The number of urea groups is 1. The first kappa shape index (κ1) is 14.6. The number of ether oxygens (including phenoxy) is 1. The monoisotopic (exact) mass is 322 g/mol. The van der Waals surface area contributed by atoms with Gasteiger partial charge in [-0.05, 0) is 24.3 Å². The zero-order valence-electron chi connectivity index (χ0n) is 13.3. The minimum absolute atomic E-state index is 0.119. The Balaban J connectivity index is 1.40. The molecular weight excluding hydrogens is 304 g/mol. The minimum Gasteiger partial charge on any atom is -0.495 e. The van der Waals surface area contributed by atoms with Crippen molar-refractivity contribution in [3.8, 4) is 5.75 Å². The number of nitrogens with one attached hydrogen (secondary N) is 2. The number of nitrogens with zero attached hydrogens (tertiary/aromatic N) is 2. The Morgan fingerprint density at radius 1 is 1.21 bits per heavy atom. The number of para-hydroxylation sites is 4. The van der Waals surface area contributed by atoms with E-state index < -0.39 is 0 Å². The minimum atomic E-state index is -0.119. The van der Waals surface area contributed by atoms with Crippen molar-refractivity contribution >= 4 is 22.8 Å². The van der Waals surface area contributed by atoms with Crippen LogP contribution in [0.4, 0.5) is 10.5 Å². The number of H-pyrrole nitrogens is 1. The fourth-order valence-electron chi connectivity index (χ4n) is 2.93. The zero-order chi connectivity index (χ0) is 16.5. The van der Waals surface area contributed by atoms with Crippen LogP contribution in [0.25, 0.3) is 11.0 Å². The highest BCUT2D eigenvalue weighted by Gasteiger charge is 2.34. The molecule has 4 rings (SSSR count). The Labute approximate surface area is 139 Å². The highest BCUT2D eigenvalue weighted by molar-refractivity contribution is 5.91. The van der Waals surface area contributed by atoms with E-state index in [0.29, 0.717) is 24.5 Å². The normalized spacial score (nSPS) is 14.5. The van der Waals surface area contributed by atoms with Crippen LogP contribution in [0.5, 0.6) is 5.75 Å². The van der Waals surface area contributed by atoms with Crippen LogP contribution >= 0.6 is 0 Å². The molecule has 2 amide bonds. The van der Waals surface area contributed by atoms with Gasteiger partial charge in [0, 0.05) is 13.1 Å². The van der Waals surface area contributed by atoms with Gasteiger partial charge in [0.05, 0.1) is 29.7 Å². The molecule has 1 aromatic heterocycles. The summed E-state index contributed by atoms with van der Waals surface area (Å²) in [6.45, 7) is 1.31. The molecule has 0 saturated carbocycles. The maximum atomic E-state index is 12.3. The molecule has 6 nitrogen and oxygen atoms in total. The Kier molecular flexibility index (Phi) is 3.57. The number of imidazole rings is 1. The lowest BCUT2D eigenvalue weighted by Gasteiger charge is -2.38. The zero-order valence-corrected chi connectivity index (χ0v) is 13.3. The lowest BCUT2D eigenvalue weighted by Crippen LogP contribution is -2.50. The highest BCUT2D eigenvalue weighted by Crippen LogP contribution is 2.29. The molecule has 0 radical (unpaired) electrons. The summed E-state index contributed by atoms with van der Waals surface area (Å²) in [4.78, 5) is 22.1. The molecule has 1 aliphatic rings. The first-order valence-corrected chi connectivity index (χ1v) is 7.88. The number of hydrogen-bond donors (Lipinski definition) is 2. The number of rotatable bonds is 3. The summed E-state index contributed by atoms with van der Waals surface area (Å²) in [5.74, 6) is 1.85. The largest absolute Gasteiger partial charge is 0.495 e. The molecular formula is C18H18N4O2. The number of aromatic nitrogens is 2. The topological polar surface area (TPSA) is 70.2 Å². The molecule has 3 aromatic rings. The Bertz CT molecular complexity index is 850. The van der Waals surface area contributed by atoms with Crippen molar-refractivity contribution in [3.05, 3.63) is 54.4 Å². The summed E-state index contributed by atoms with van der Waals surface area (Å²) < 4.78 is 5.25. The Morgan fingerprint density at radius 2 is 1.96 bits per heavy atom. The Morgan fingerprint density at radius 3 is 2.75 bits per heavy atom. The number of fused-ring (bicyclic) bond motifs is 1. The van der Waals surface area contributed by atoms with E-state index in [4.69, 9.17) is 4.74 Å². The van der Waals surface area contributed by atoms with Crippen LogP contribution < -0.4 is 10.1 Å². The molecule has 1 aliphatic heterocycles. The van der Waals surface area contributed by atoms with Gasteiger partial charge in [-0.15, -0.1) is 0 Å². The summed E-state index contributed by atoms with van der Waals surface area (Å²) >= 11 is 0. The van der Waals surface area contributed by atoms with E-state index in [2.05, 4.69) is 15.3 Å². The molecule has 1 saturated heterocycles.